The van der Waals surface area contributed by atoms with E-state index in [1.54, 1.807) is 12.1 Å². The third-order valence-electron chi connectivity index (χ3n) is 8.65. The highest BCUT2D eigenvalue weighted by atomic mass is 19.1. The zero-order valence-electron chi connectivity index (χ0n) is 24.4. The first kappa shape index (κ1) is 29.5. The van der Waals surface area contributed by atoms with Gasteiger partial charge in [-0.05, 0) is 36.1 Å². The lowest BCUT2D eigenvalue weighted by Gasteiger charge is -2.40. The van der Waals surface area contributed by atoms with Crippen LogP contribution >= 0.6 is 0 Å². The zero-order valence-corrected chi connectivity index (χ0v) is 24.4. The number of carbonyl (C=O) groups excluding carboxylic acids is 1. The van der Waals surface area contributed by atoms with Crippen molar-refractivity contribution in [1.82, 2.24) is 20.4 Å². The van der Waals surface area contributed by atoms with Crippen molar-refractivity contribution in [3.63, 3.8) is 0 Å². The molecule has 1 aliphatic heterocycles. The van der Waals surface area contributed by atoms with Crippen LogP contribution in [0.2, 0.25) is 0 Å². The topological polar surface area (TPSA) is 118 Å². The number of piperidine rings is 1. The Morgan fingerprint density at radius 2 is 1.66 bits per heavy atom. The predicted octanol–water partition coefficient (Wildman–Crippen LogP) is 6.69. The van der Waals surface area contributed by atoms with Crippen LogP contribution in [0.5, 0.6) is 0 Å². The van der Waals surface area contributed by atoms with Gasteiger partial charge in [-0.15, -0.1) is 0 Å². The zero-order chi connectivity index (χ0) is 30.5. The lowest BCUT2D eigenvalue weighted by molar-refractivity contribution is -0.148. The molecule has 2 heterocycles. The van der Waals surface area contributed by atoms with E-state index in [2.05, 4.69) is 20.4 Å². The molecular weight excluding hydrogens is 563 g/mol. The van der Waals surface area contributed by atoms with E-state index in [1.165, 1.54) is 12.5 Å². The number of aromatic nitrogens is 2. The average Bonchev–Trinajstić information content (AvgIpc) is 3.54. The van der Waals surface area contributed by atoms with E-state index in [1.807, 2.05) is 54.6 Å². The van der Waals surface area contributed by atoms with Gasteiger partial charge in [-0.1, -0.05) is 85.1 Å². The van der Waals surface area contributed by atoms with Crippen LogP contribution in [0, 0.1) is 5.82 Å². The molecule has 0 atom stereocenters. The van der Waals surface area contributed by atoms with Gasteiger partial charge in [0.2, 0.25) is 5.82 Å². The van der Waals surface area contributed by atoms with Crippen molar-refractivity contribution in [2.45, 2.75) is 63.1 Å². The molecule has 0 unspecified atom stereocenters. The number of halogens is 1. The van der Waals surface area contributed by atoms with Crippen LogP contribution < -0.4 is 5.32 Å². The minimum Gasteiger partial charge on any atom is -0.450 e. The first-order valence-corrected chi connectivity index (χ1v) is 15.1. The Hall–Kier alpha value is -4.57. The summed E-state index contributed by atoms with van der Waals surface area (Å²) in [7, 11) is 0. The molecule has 9 nitrogen and oxygen atoms in total. The Bertz CT molecular complexity index is 1590. The largest absolute Gasteiger partial charge is 0.506 e. The van der Waals surface area contributed by atoms with Crippen molar-refractivity contribution >= 4 is 12.1 Å². The van der Waals surface area contributed by atoms with Gasteiger partial charge in [0, 0.05) is 55.2 Å². The van der Waals surface area contributed by atoms with Crippen molar-refractivity contribution in [2.24, 2.45) is 0 Å². The van der Waals surface area contributed by atoms with Gasteiger partial charge < -0.3 is 19.7 Å². The number of carbonyl (C=O) groups is 2. The summed E-state index contributed by atoms with van der Waals surface area (Å²) in [5, 5.41) is 16.5. The molecule has 10 heteroatoms. The molecule has 0 radical (unpaired) electrons. The third-order valence-corrected chi connectivity index (χ3v) is 8.65. The summed E-state index contributed by atoms with van der Waals surface area (Å²) in [6, 6.07) is 22.1. The minimum atomic E-state index is -1.42. The van der Waals surface area contributed by atoms with Gasteiger partial charge in [-0.3, -0.25) is 9.69 Å². The summed E-state index contributed by atoms with van der Waals surface area (Å²) in [4.78, 5) is 31.4. The Kier molecular flexibility index (Phi) is 8.70. The molecule has 0 bridgehead atoms. The van der Waals surface area contributed by atoms with Gasteiger partial charge in [0.25, 0.3) is 11.8 Å². The molecule has 6 rings (SSSR count). The molecule has 4 aromatic rings. The SMILES string of the molecule is O=C(O)OC1(C(=O)NC2CCCCC2)CCN(Cc2ccc(-c3noc(-c4ccc(-c5ccccc5)c(F)c4)n3)cc2)CC1. The van der Waals surface area contributed by atoms with E-state index in [4.69, 9.17) is 9.26 Å². The molecule has 3 aromatic carbocycles. The van der Waals surface area contributed by atoms with Gasteiger partial charge in [-0.2, -0.15) is 4.98 Å². The van der Waals surface area contributed by atoms with E-state index < -0.39 is 11.8 Å². The normalized spacial score (nSPS) is 17.2. The Labute approximate surface area is 255 Å². The molecule has 2 aliphatic rings. The molecule has 1 saturated carbocycles. The summed E-state index contributed by atoms with van der Waals surface area (Å²) in [5.41, 5.74) is 2.25. The van der Waals surface area contributed by atoms with Crippen LogP contribution in [0.3, 0.4) is 0 Å². The molecule has 2 N–H and O–H groups in total. The standard InChI is InChI=1S/C34H35FN4O5/c35-29-21-26(15-16-28(29)24-7-3-1-4-8-24)31-37-30(38-44-31)25-13-11-23(12-14-25)22-39-19-17-34(18-20-39,43-33(41)42)32(40)36-27-9-5-2-6-10-27/h1,3-4,7-8,11-16,21,27H,2,5-6,9-10,17-20,22H2,(H,36,40)(H,41,42). The summed E-state index contributed by atoms with van der Waals surface area (Å²) in [6.07, 6.45) is 4.32. The number of hydrogen-bond donors (Lipinski definition) is 2. The van der Waals surface area contributed by atoms with Crippen molar-refractivity contribution in [3.05, 3.63) is 84.2 Å². The number of nitrogens with one attached hydrogen (secondary N) is 1. The molecule has 2 fully saturated rings. The summed E-state index contributed by atoms with van der Waals surface area (Å²) in [6.45, 7) is 1.69. The Morgan fingerprint density at radius 3 is 2.34 bits per heavy atom. The maximum Gasteiger partial charge on any atom is 0.506 e. The first-order chi connectivity index (χ1) is 21.4. The lowest BCUT2D eigenvalue weighted by atomic mass is 9.88. The third kappa shape index (κ3) is 6.65. The van der Waals surface area contributed by atoms with E-state index >= 15 is 0 Å². The molecule has 1 amide bonds. The fraction of sp³-hybridized carbons (Fsp3) is 0.353. The van der Waals surface area contributed by atoms with E-state index in [9.17, 15) is 19.1 Å². The van der Waals surface area contributed by atoms with Gasteiger partial charge in [0.15, 0.2) is 5.60 Å². The van der Waals surface area contributed by atoms with Gasteiger partial charge in [-0.25, -0.2) is 9.18 Å². The lowest BCUT2D eigenvalue weighted by Crippen LogP contribution is -2.57. The Morgan fingerprint density at radius 1 is 0.955 bits per heavy atom. The molecular formula is C34H35FN4O5. The van der Waals surface area contributed by atoms with E-state index in [0.29, 0.717) is 49.4 Å². The fourth-order valence-electron chi connectivity index (χ4n) is 6.15. The second kappa shape index (κ2) is 13.0. The summed E-state index contributed by atoms with van der Waals surface area (Å²) >= 11 is 0. The number of likely N-dealkylation sites (tertiary alicyclic amines) is 1. The van der Waals surface area contributed by atoms with Crippen LogP contribution in [-0.4, -0.2) is 56.9 Å². The van der Waals surface area contributed by atoms with Crippen molar-refractivity contribution < 1.29 is 28.3 Å². The van der Waals surface area contributed by atoms with Gasteiger partial charge >= 0.3 is 6.16 Å². The van der Waals surface area contributed by atoms with Crippen LogP contribution in [0.15, 0.2) is 77.3 Å². The maximum atomic E-state index is 14.9. The predicted molar refractivity (Wildman–Crippen MR) is 162 cm³/mol. The second-order valence-electron chi connectivity index (χ2n) is 11.6. The summed E-state index contributed by atoms with van der Waals surface area (Å²) < 4.78 is 25.6. The average molecular weight is 599 g/mol. The number of hydrogen-bond acceptors (Lipinski definition) is 7. The highest BCUT2D eigenvalue weighted by molar-refractivity contribution is 5.87. The molecule has 44 heavy (non-hydrogen) atoms. The van der Waals surface area contributed by atoms with Crippen LogP contribution in [0.4, 0.5) is 9.18 Å². The number of benzene rings is 3. The van der Waals surface area contributed by atoms with Crippen molar-refractivity contribution in [2.75, 3.05) is 13.1 Å². The molecule has 1 saturated heterocycles. The highest BCUT2D eigenvalue weighted by Crippen LogP contribution is 2.31. The Balaban J connectivity index is 1.07. The summed E-state index contributed by atoms with van der Waals surface area (Å²) in [5.74, 6) is -0.0515. The quantitative estimate of drug-likeness (QED) is 0.216. The molecule has 228 valence electrons. The fourth-order valence-corrected chi connectivity index (χ4v) is 6.15. The monoisotopic (exact) mass is 598 g/mol. The number of ether oxygens (including phenoxy) is 1. The molecule has 1 aliphatic carbocycles. The number of rotatable bonds is 8. The van der Waals surface area contributed by atoms with Crippen molar-refractivity contribution in [1.29, 1.82) is 0 Å². The van der Waals surface area contributed by atoms with Crippen LogP contribution in [0.25, 0.3) is 34.0 Å². The van der Waals surface area contributed by atoms with E-state index in [0.717, 1.165) is 42.4 Å². The molecule has 0 spiro atoms. The smallest absolute Gasteiger partial charge is 0.450 e. The number of amides is 1. The van der Waals surface area contributed by atoms with Crippen molar-refractivity contribution in [3.8, 4) is 34.0 Å². The number of carboxylic acid groups (broad SMARTS) is 1. The maximum absolute atomic E-state index is 14.9. The first-order valence-electron chi connectivity index (χ1n) is 15.1. The van der Waals surface area contributed by atoms with Crippen LogP contribution in [-0.2, 0) is 16.1 Å². The van der Waals surface area contributed by atoms with Crippen LogP contribution in [0.1, 0.15) is 50.5 Å². The minimum absolute atomic E-state index is 0.0821. The van der Waals surface area contributed by atoms with E-state index in [-0.39, 0.29) is 23.7 Å². The second-order valence-corrected chi connectivity index (χ2v) is 11.6. The van der Waals surface area contributed by atoms with Gasteiger partial charge in [0.05, 0.1) is 0 Å². The highest BCUT2D eigenvalue weighted by Gasteiger charge is 2.46. The molecule has 1 aromatic heterocycles. The van der Waals surface area contributed by atoms with Gasteiger partial charge in [0.1, 0.15) is 5.82 Å². The number of nitrogens with zero attached hydrogens (tertiary/aromatic N) is 3.